The Bertz CT molecular complexity index is 770. The lowest BCUT2D eigenvalue weighted by Crippen LogP contribution is -2.35. The van der Waals surface area contributed by atoms with Crippen molar-refractivity contribution in [3.8, 4) is 0 Å². The van der Waals surface area contributed by atoms with Gasteiger partial charge in [0.15, 0.2) is 6.61 Å². The molecule has 136 valence electrons. The average Bonchev–Trinajstić information content (AvgIpc) is 2.97. The quantitative estimate of drug-likeness (QED) is 0.740. The Morgan fingerprint density at radius 1 is 1.24 bits per heavy atom. The molecule has 1 aliphatic rings. The van der Waals surface area contributed by atoms with E-state index in [1.165, 1.54) is 24.3 Å². The average molecular weight is 368 g/mol. The Morgan fingerprint density at radius 2 is 1.88 bits per heavy atom. The zero-order chi connectivity index (χ0) is 18.6. The molecule has 9 heteroatoms. The third-order valence-electron chi connectivity index (χ3n) is 3.49. The molecule has 1 fully saturated rings. The highest BCUT2D eigenvalue weighted by Crippen LogP contribution is 2.13. The summed E-state index contributed by atoms with van der Waals surface area (Å²) in [7, 11) is -3.65. The number of benzene rings is 1. The van der Waals surface area contributed by atoms with Crippen LogP contribution >= 0.6 is 0 Å². The van der Waals surface area contributed by atoms with Crippen LogP contribution in [0.5, 0.6) is 0 Å². The summed E-state index contributed by atoms with van der Waals surface area (Å²) >= 11 is 0. The van der Waals surface area contributed by atoms with Gasteiger partial charge in [0.1, 0.15) is 0 Å². The van der Waals surface area contributed by atoms with Gasteiger partial charge in [0.05, 0.1) is 10.5 Å². The number of hydrogen-bond donors (Lipinski definition) is 1. The van der Waals surface area contributed by atoms with Gasteiger partial charge in [-0.25, -0.2) is 17.9 Å². The molecule has 1 N–H and O–H groups in total. The van der Waals surface area contributed by atoms with Crippen LogP contribution in [0.3, 0.4) is 0 Å². The number of esters is 1. The molecule has 0 atom stereocenters. The Morgan fingerprint density at radius 3 is 2.40 bits per heavy atom. The van der Waals surface area contributed by atoms with Gasteiger partial charge in [-0.3, -0.25) is 14.5 Å². The molecule has 0 aliphatic carbocycles. The van der Waals surface area contributed by atoms with Crippen molar-refractivity contribution in [2.24, 2.45) is 0 Å². The monoisotopic (exact) mass is 368 g/mol. The number of ether oxygens (including phenoxy) is 1. The summed E-state index contributed by atoms with van der Waals surface area (Å²) in [5.74, 6) is -1.59. The minimum absolute atomic E-state index is 0.0245. The summed E-state index contributed by atoms with van der Waals surface area (Å²) in [5, 5.41) is 0. The van der Waals surface area contributed by atoms with E-state index in [-0.39, 0.29) is 22.4 Å². The predicted octanol–water partition coefficient (Wildman–Crippen LogP) is 0.679. The molecule has 0 spiro atoms. The molecule has 1 saturated heterocycles. The van der Waals surface area contributed by atoms with E-state index in [4.69, 9.17) is 4.74 Å². The predicted molar refractivity (Wildman–Crippen MR) is 88.1 cm³/mol. The molecule has 25 heavy (non-hydrogen) atoms. The summed E-state index contributed by atoms with van der Waals surface area (Å²) in [6.45, 7) is 3.21. The summed E-state index contributed by atoms with van der Waals surface area (Å²) < 4.78 is 31.3. The summed E-state index contributed by atoms with van der Waals surface area (Å²) in [6, 6.07) is 4.93. The SMILES string of the molecule is CC(C)NS(=O)(=O)c1ccc(C(=O)OCC(=O)N2CCCC2=O)cc1. The smallest absolute Gasteiger partial charge is 0.338 e. The molecule has 1 aromatic carbocycles. The van der Waals surface area contributed by atoms with Crippen LogP contribution in [0.4, 0.5) is 0 Å². The van der Waals surface area contributed by atoms with Crippen molar-refractivity contribution in [3.05, 3.63) is 29.8 Å². The molecule has 8 nitrogen and oxygen atoms in total. The number of nitrogens with zero attached hydrogens (tertiary/aromatic N) is 1. The molecule has 1 aromatic rings. The van der Waals surface area contributed by atoms with Crippen molar-refractivity contribution < 1.29 is 27.5 Å². The van der Waals surface area contributed by atoms with Crippen LogP contribution in [0.25, 0.3) is 0 Å². The van der Waals surface area contributed by atoms with E-state index < -0.39 is 28.5 Å². The van der Waals surface area contributed by atoms with E-state index >= 15 is 0 Å². The highest BCUT2D eigenvalue weighted by atomic mass is 32.2. The molecule has 0 radical (unpaired) electrons. The topological polar surface area (TPSA) is 110 Å². The third-order valence-corrected chi connectivity index (χ3v) is 5.17. The van der Waals surface area contributed by atoms with Crippen LogP contribution in [0, 0.1) is 0 Å². The number of carbonyl (C=O) groups is 3. The fourth-order valence-corrected chi connectivity index (χ4v) is 3.60. The van der Waals surface area contributed by atoms with Crippen LogP contribution in [0.15, 0.2) is 29.2 Å². The van der Waals surface area contributed by atoms with Crippen LogP contribution in [-0.4, -0.2) is 50.3 Å². The molecule has 2 rings (SSSR count). The van der Waals surface area contributed by atoms with Gasteiger partial charge in [-0.05, 0) is 44.5 Å². The van der Waals surface area contributed by atoms with Crippen molar-refractivity contribution in [1.29, 1.82) is 0 Å². The zero-order valence-electron chi connectivity index (χ0n) is 14.0. The zero-order valence-corrected chi connectivity index (χ0v) is 14.8. The summed E-state index contributed by atoms with van der Waals surface area (Å²) in [5.41, 5.74) is 0.115. The number of sulfonamides is 1. The number of amides is 2. The number of rotatable bonds is 6. The van der Waals surface area contributed by atoms with Gasteiger partial charge in [-0.2, -0.15) is 0 Å². The molecular weight excluding hydrogens is 348 g/mol. The van der Waals surface area contributed by atoms with Crippen molar-refractivity contribution in [3.63, 3.8) is 0 Å². The molecule has 0 unspecified atom stereocenters. The molecule has 0 bridgehead atoms. The summed E-state index contributed by atoms with van der Waals surface area (Å²) in [4.78, 5) is 36.3. The first-order chi connectivity index (χ1) is 11.7. The molecule has 0 aromatic heterocycles. The number of carbonyl (C=O) groups excluding carboxylic acids is 3. The fourth-order valence-electron chi connectivity index (χ4n) is 2.35. The highest BCUT2D eigenvalue weighted by molar-refractivity contribution is 7.89. The minimum Gasteiger partial charge on any atom is -0.452 e. The van der Waals surface area contributed by atoms with Gasteiger partial charge in [0.2, 0.25) is 15.9 Å². The van der Waals surface area contributed by atoms with Gasteiger partial charge >= 0.3 is 5.97 Å². The highest BCUT2D eigenvalue weighted by Gasteiger charge is 2.27. The Labute approximate surface area is 146 Å². The van der Waals surface area contributed by atoms with Crippen molar-refractivity contribution in [1.82, 2.24) is 9.62 Å². The number of nitrogens with one attached hydrogen (secondary N) is 1. The first-order valence-corrected chi connectivity index (χ1v) is 9.32. The van der Waals surface area contributed by atoms with Crippen molar-refractivity contribution >= 4 is 27.8 Å². The van der Waals surface area contributed by atoms with E-state index in [1.807, 2.05) is 0 Å². The maximum absolute atomic E-state index is 12.0. The second kappa shape index (κ2) is 7.75. The number of likely N-dealkylation sites (tertiary alicyclic amines) is 1. The molecule has 2 amide bonds. The van der Waals surface area contributed by atoms with Gasteiger partial charge in [-0.15, -0.1) is 0 Å². The lowest BCUT2D eigenvalue weighted by Gasteiger charge is -2.13. The fraction of sp³-hybridized carbons (Fsp3) is 0.438. The van der Waals surface area contributed by atoms with Gasteiger partial charge in [0.25, 0.3) is 5.91 Å². The molecule has 1 heterocycles. The largest absolute Gasteiger partial charge is 0.452 e. The molecular formula is C16H20N2O6S. The van der Waals surface area contributed by atoms with Crippen LogP contribution in [-0.2, 0) is 24.3 Å². The maximum atomic E-state index is 12.0. The standard InChI is InChI=1S/C16H20N2O6S/c1-11(2)17-25(22,23)13-7-5-12(6-8-13)16(21)24-10-15(20)18-9-3-4-14(18)19/h5-8,11,17H,3-4,9-10H2,1-2H3. The van der Waals surface area contributed by atoms with Crippen LogP contribution in [0.1, 0.15) is 37.0 Å². The first-order valence-electron chi connectivity index (χ1n) is 7.83. The second-order valence-electron chi connectivity index (χ2n) is 5.92. The number of hydrogen-bond acceptors (Lipinski definition) is 6. The first kappa shape index (κ1) is 19.1. The molecule has 1 aliphatic heterocycles. The van der Waals surface area contributed by atoms with Gasteiger partial charge < -0.3 is 4.74 Å². The molecule has 0 saturated carbocycles. The van der Waals surface area contributed by atoms with Gasteiger partial charge in [0, 0.05) is 19.0 Å². The number of imide groups is 1. The van der Waals surface area contributed by atoms with Crippen LogP contribution in [0.2, 0.25) is 0 Å². The lowest BCUT2D eigenvalue weighted by molar-refractivity contribution is -0.143. The lowest BCUT2D eigenvalue weighted by atomic mass is 10.2. The maximum Gasteiger partial charge on any atom is 0.338 e. The van der Waals surface area contributed by atoms with E-state index in [9.17, 15) is 22.8 Å². The van der Waals surface area contributed by atoms with Crippen molar-refractivity contribution in [2.45, 2.75) is 37.6 Å². The van der Waals surface area contributed by atoms with E-state index in [0.29, 0.717) is 19.4 Å². The Hall–Kier alpha value is -2.26. The normalized spacial score (nSPS) is 14.8. The minimum atomic E-state index is -3.65. The third kappa shape index (κ3) is 4.86. The second-order valence-corrected chi connectivity index (χ2v) is 7.63. The van der Waals surface area contributed by atoms with Crippen LogP contribution < -0.4 is 4.72 Å². The Kier molecular flexibility index (Phi) is 5.91. The Balaban J connectivity index is 1.96. The van der Waals surface area contributed by atoms with Gasteiger partial charge in [-0.1, -0.05) is 0 Å². The van der Waals surface area contributed by atoms with E-state index in [2.05, 4.69) is 4.72 Å². The summed E-state index contributed by atoms with van der Waals surface area (Å²) in [6.07, 6.45) is 0.929. The van der Waals surface area contributed by atoms with E-state index in [0.717, 1.165) is 4.90 Å². The van der Waals surface area contributed by atoms with Crippen molar-refractivity contribution in [2.75, 3.05) is 13.2 Å². The van der Waals surface area contributed by atoms with E-state index in [1.54, 1.807) is 13.8 Å².